The van der Waals surface area contributed by atoms with Crippen molar-refractivity contribution in [2.45, 2.75) is 57.1 Å². The number of rotatable bonds is 6. The molecule has 7 heteroatoms. The van der Waals surface area contributed by atoms with E-state index >= 15 is 0 Å². The van der Waals surface area contributed by atoms with E-state index in [1.807, 2.05) is 36.4 Å². The van der Waals surface area contributed by atoms with Gasteiger partial charge in [-0.2, -0.15) is 0 Å². The summed E-state index contributed by atoms with van der Waals surface area (Å²) < 4.78 is 24.1. The first kappa shape index (κ1) is 22.0. The minimum Gasteiger partial charge on any atom is -0.493 e. The summed E-state index contributed by atoms with van der Waals surface area (Å²) in [7, 11) is 1.68. The molecule has 3 aliphatic rings. The predicted octanol–water partition coefficient (Wildman–Crippen LogP) is 4.05. The highest BCUT2D eigenvalue weighted by Gasteiger charge is 2.53. The van der Waals surface area contributed by atoms with Gasteiger partial charge in [-0.1, -0.05) is 24.3 Å². The van der Waals surface area contributed by atoms with E-state index in [2.05, 4.69) is 24.8 Å². The van der Waals surface area contributed by atoms with Crippen molar-refractivity contribution in [3.8, 4) is 17.2 Å². The number of likely N-dealkylation sites (tertiary alicyclic amines) is 1. The van der Waals surface area contributed by atoms with Crippen molar-refractivity contribution >= 4 is 5.97 Å². The van der Waals surface area contributed by atoms with Crippen molar-refractivity contribution < 1.29 is 28.8 Å². The highest BCUT2D eigenvalue weighted by atomic mass is 16.5. The van der Waals surface area contributed by atoms with Crippen molar-refractivity contribution in [3.63, 3.8) is 0 Å². The van der Waals surface area contributed by atoms with E-state index in [9.17, 15) is 4.79 Å². The van der Waals surface area contributed by atoms with Gasteiger partial charge in [0.25, 0.3) is 0 Å². The summed E-state index contributed by atoms with van der Waals surface area (Å²) in [6.45, 7) is 5.78. The van der Waals surface area contributed by atoms with Crippen molar-refractivity contribution in [3.05, 3.63) is 53.6 Å². The molecule has 2 saturated heterocycles. The highest BCUT2D eigenvalue weighted by molar-refractivity contribution is 5.68. The zero-order valence-corrected chi connectivity index (χ0v) is 19.3. The molecule has 2 aromatic rings. The number of nitrogens with zero attached hydrogens (tertiary/aromatic N) is 1. The number of ether oxygens (including phenoxy) is 4. The quantitative estimate of drug-likeness (QED) is 0.707. The summed E-state index contributed by atoms with van der Waals surface area (Å²) in [6.07, 6.45) is 2.22. The maximum absolute atomic E-state index is 10.7. The molecule has 1 N–H and O–H groups in total. The minimum absolute atomic E-state index is 0.00529. The molecule has 0 amide bonds. The van der Waals surface area contributed by atoms with Gasteiger partial charge in [0, 0.05) is 30.6 Å². The molecule has 2 fully saturated rings. The Hall–Kier alpha value is -2.77. The summed E-state index contributed by atoms with van der Waals surface area (Å²) in [5.41, 5.74) is 1.90. The van der Waals surface area contributed by atoms with E-state index < -0.39 is 5.97 Å². The monoisotopic (exact) mass is 453 g/mol. The van der Waals surface area contributed by atoms with Gasteiger partial charge >= 0.3 is 5.97 Å². The molecule has 7 nitrogen and oxygen atoms in total. The van der Waals surface area contributed by atoms with E-state index in [-0.39, 0.29) is 30.3 Å². The Balaban J connectivity index is 1.32. The van der Waals surface area contributed by atoms with Crippen molar-refractivity contribution in [1.29, 1.82) is 0 Å². The fraction of sp³-hybridized carbons (Fsp3) is 0.500. The second-order valence-electron chi connectivity index (χ2n) is 9.67. The van der Waals surface area contributed by atoms with Crippen LogP contribution in [0.25, 0.3) is 0 Å². The largest absolute Gasteiger partial charge is 0.493 e. The van der Waals surface area contributed by atoms with Crippen LogP contribution in [-0.4, -0.2) is 54.0 Å². The zero-order chi connectivity index (χ0) is 23.2. The number of aliphatic carboxylic acids is 1. The molecule has 0 radical (unpaired) electrons. The lowest BCUT2D eigenvalue weighted by molar-refractivity contribution is -0.163. The first-order valence-corrected chi connectivity index (χ1v) is 11.5. The maximum atomic E-state index is 10.7. The average molecular weight is 454 g/mol. The number of fused-ring (bicyclic) bond motifs is 4. The molecule has 176 valence electrons. The predicted molar refractivity (Wildman–Crippen MR) is 122 cm³/mol. The standard InChI is InChI=1S/C26H31NO6/c1-26(2)19-13-20-21(32-24(19)18-5-4-6-22(30-3)25(18)33-26)11-12-27(20)14-16-7-9-17(10-8-16)31-15-23(28)29/h4-10,19-21,24H,11-15H2,1-3H3,(H,28,29)/t19-,20+,21-,24+/m1/s1. The van der Waals surface area contributed by atoms with Gasteiger partial charge in [-0.3, -0.25) is 4.90 Å². The molecular weight excluding hydrogens is 422 g/mol. The Bertz CT molecular complexity index is 1020. The van der Waals surface area contributed by atoms with Gasteiger partial charge in [-0.15, -0.1) is 0 Å². The molecule has 3 aliphatic heterocycles. The SMILES string of the molecule is COc1cccc2c1OC(C)(C)[C@@H]1C[C@H]3[C@@H](CCN3Cc3ccc(OCC(=O)O)cc3)O[C@@H]21. The molecule has 0 unspecified atom stereocenters. The second-order valence-corrected chi connectivity index (χ2v) is 9.67. The summed E-state index contributed by atoms with van der Waals surface area (Å²) in [6, 6.07) is 14.1. The number of para-hydroxylation sites is 1. The summed E-state index contributed by atoms with van der Waals surface area (Å²) >= 11 is 0. The molecule has 0 aliphatic carbocycles. The topological polar surface area (TPSA) is 77.5 Å². The number of hydrogen-bond donors (Lipinski definition) is 1. The van der Waals surface area contributed by atoms with Gasteiger partial charge < -0.3 is 24.1 Å². The Morgan fingerprint density at radius 1 is 1.21 bits per heavy atom. The summed E-state index contributed by atoms with van der Waals surface area (Å²) in [4.78, 5) is 13.2. The Morgan fingerprint density at radius 3 is 2.73 bits per heavy atom. The van der Waals surface area contributed by atoms with Gasteiger partial charge in [-0.25, -0.2) is 4.79 Å². The molecule has 33 heavy (non-hydrogen) atoms. The van der Waals surface area contributed by atoms with Crippen LogP contribution in [0.4, 0.5) is 0 Å². The third-order valence-corrected chi connectivity index (χ3v) is 7.25. The van der Waals surface area contributed by atoms with Gasteiger partial charge in [-0.05, 0) is 50.5 Å². The van der Waals surface area contributed by atoms with Crippen LogP contribution in [0.5, 0.6) is 17.2 Å². The maximum Gasteiger partial charge on any atom is 0.341 e. The van der Waals surface area contributed by atoms with Gasteiger partial charge in [0.05, 0.1) is 19.3 Å². The average Bonchev–Trinajstić information content (AvgIpc) is 3.19. The lowest BCUT2D eigenvalue weighted by atomic mass is 9.74. The molecule has 4 atom stereocenters. The van der Waals surface area contributed by atoms with Crippen molar-refractivity contribution in [2.24, 2.45) is 5.92 Å². The van der Waals surface area contributed by atoms with E-state index in [0.717, 1.165) is 43.0 Å². The van der Waals surface area contributed by atoms with Crippen LogP contribution in [0.1, 0.15) is 43.9 Å². The van der Waals surface area contributed by atoms with Crippen LogP contribution in [0, 0.1) is 5.92 Å². The van der Waals surface area contributed by atoms with Crippen LogP contribution < -0.4 is 14.2 Å². The van der Waals surface area contributed by atoms with Crippen LogP contribution in [0.3, 0.4) is 0 Å². The highest BCUT2D eigenvalue weighted by Crippen LogP contribution is 2.54. The number of hydrogen-bond acceptors (Lipinski definition) is 6. The fourth-order valence-electron chi connectivity index (χ4n) is 5.58. The van der Waals surface area contributed by atoms with Gasteiger partial charge in [0.15, 0.2) is 18.1 Å². The molecule has 2 aromatic carbocycles. The summed E-state index contributed by atoms with van der Waals surface area (Å²) in [5.74, 6) is 1.40. The van der Waals surface area contributed by atoms with E-state index in [1.165, 1.54) is 5.56 Å². The van der Waals surface area contributed by atoms with E-state index in [4.69, 9.17) is 24.1 Å². The number of methoxy groups -OCH3 is 1. The molecular formula is C26H31NO6. The van der Waals surface area contributed by atoms with Crippen molar-refractivity contribution in [2.75, 3.05) is 20.3 Å². The van der Waals surface area contributed by atoms with Gasteiger partial charge in [0.1, 0.15) is 11.4 Å². The van der Waals surface area contributed by atoms with Crippen molar-refractivity contribution in [1.82, 2.24) is 4.90 Å². The first-order valence-electron chi connectivity index (χ1n) is 11.5. The lowest BCUT2D eigenvalue weighted by Crippen LogP contribution is -2.53. The van der Waals surface area contributed by atoms with Crippen LogP contribution in [0.15, 0.2) is 42.5 Å². The fourth-order valence-corrected chi connectivity index (χ4v) is 5.58. The number of benzene rings is 2. The molecule has 0 bridgehead atoms. The minimum atomic E-state index is -0.978. The zero-order valence-electron chi connectivity index (χ0n) is 19.3. The van der Waals surface area contributed by atoms with E-state index in [1.54, 1.807) is 7.11 Å². The number of carbonyl (C=O) groups is 1. The molecule has 0 aromatic heterocycles. The Morgan fingerprint density at radius 2 is 2.00 bits per heavy atom. The third-order valence-electron chi connectivity index (χ3n) is 7.25. The van der Waals surface area contributed by atoms with Crippen LogP contribution in [0.2, 0.25) is 0 Å². The van der Waals surface area contributed by atoms with E-state index in [0.29, 0.717) is 11.8 Å². The first-order chi connectivity index (χ1) is 15.9. The molecule has 5 rings (SSSR count). The molecule has 0 spiro atoms. The third kappa shape index (κ3) is 4.15. The number of carboxylic acids is 1. The molecule has 3 heterocycles. The second kappa shape index (κ2) is 8.54. The normalized spacial score (nSPS) is 27.6. The number of carboxylic acid groups (broad SMARTS) is 1. The van der Waals surface area contributed by atoms with Crippen LogP contribution in [-0.2, 0) is 16.1 Å². The molecule has 0 saturated carbocycles. The Kier molecular flexibility index (Phi) is 5.70. The summed E-state index contributed by atoms with van der Waals surface area (Å²) in [5, 5.41) is 8.77. The van der Waals surface area contributed by atoms with Crippen LogP contribution >= 0.6 is 0 Å². The smallest absolute Gasteiger partial charge is 0.341 e. The lowest BCUT2D eigenvalue weighted by Gasteiger charge is -2.51. The Labute approximate surface area is 194 Å². The van der Waals surface area contributed by atoms with Gasteiger partial charge in [0.2, 0.25) is 0 Å².